The Kier molecular flexibility index (Phi) is 7.42. The monoisotopic (exact) mass is 425 g/mol. The van der Waals surface area contributed by atoms with Gasteiger partial charge >= 0.3 is 6.09 Å². The number of nitrogens with one attached hydrogen (secondary N) is 1. The van der Waals surface area contributed by atoms with Crippen LogP contribution in [0, 0.1) is 0 Å². The van der Waals surface area contributed by atoms with Crippen LogP contribution in [-0.2, 0) is 11.2 Å². The molecule has 6 nitrogen and oxygen atoms in total. The van der Waals surface area contributed by atoms with Gasteiger partial charge in [0.1, 0.15) is 11.3 Å². The van der Waals surface area contributed by atoms with Crippen LogP contribution in [0.5, 0.6) is 0 Å². The maximum absolute atomic E-state index is 12.9. The number of carbonyl (C=O) groups is 2. The van der Waals surface area contributed by atoms with E-state index in [-0.39, 0.29) is 24.1 Å². The lowest BCUT2D eigenvalue weighted by molar-refractivity contribution is 0.0187. The molecule has 1 aliphatic rings. The van der Waals surface area contributed by atoms with E-state index in [2.05, 4.69) is 22.0 Å². The van der Waals surface area contributed by atoms with E-state index in [4.69, 9.17) is 4.74 Å². The van der Waals surface area contributed by atoms with Crippen LogP contribution >= 0.6 is 0 Å². The highest BCUT2D eigenvalue weighted by Crippen LogP contribution is 2.26. The normalized spacial score (nSPS) is 16.1. The lowest BCUT2D eigenvalue weighted by atomic mass is 10.0. The molecule has 1 atom stereocenters. The van der Waals surface area contributed by atoms with Gasteiger partial charge in [0, 0.05) is 31.4 Å². The zero-order valence-electron chi connectivity index (χ0n) is 19.1. The minimum atomic E-state index is -0.489. The maximum atomic E-state index is 12.9. The van der Waals surface area contributed by atoms with Crippen LogP contribution in [0.25, 0.3) is 0 Å². The van der Waals surface area contributed by atoms with Crippen LogP contribution < -0.4 is 5.32 Å². The van der Waals surface area contributed by atoms with Crippen molar-refractivity contribution < 1.29 is 14.3 Å². The van der Waals surface area contributed by atoms with E-state index >= 15 is 0 Å². The number of likely N-dealkylation sites (tertiary alicyclic amines) is 1. The Hall–Kier alpha value is -2.76. The summed E-state index contributed by atoms with van der Waals surface area (Å²) >= 11 is 0. The summed E-state index contributed by atoms with van der Waals surface area (Å²) in [7, 11) is 0. The van der Waals surface area contributed by atoms with Crippen molar-refractivity contribution in [2.75, 3.05) is 13.1 Å². The van der Waals surface area contributed by atoms with Crippen LogP contribution in [0.3, 0.4) is 0 Å². The van der Waals surface area contributed by atoms with E-state index < -0.39 is 5.60 Å². The summed E-state index contributed by atoms with van der Waals surface area (Å²) in [5, 5.41) is 3.14. The number of hydrogen-bond donors (Lipinski definition) is 1. The quantitative estimate of drug-likeness (QED) is 0.722. The number of nitrogens with zero attached hydrogens (tertiary/aromatic N) is 2. The largest absolute Gasteiger partial charge is 0.444 e. The number of benzene rings is 1. The van der Waals surface area contributed by atoms with E-state index in [1.165, 1.54) is 5.56 Å². The Labute approximate surface area is 185 Å². The van der Waals surface area contributed by atoms with Gasteiger partial charge in [0.2, 0.25) is 0 Å². The fourth-order valence-corrected chi connectivity index (χ4v) is 3.96. The zero-order chi connectivity index (χ0) is 22.4. The third-order valence-corrected chi connectivity index (χ3v) is 5.61. The van der Waals surface area contributed by atoms with E-state index in [9.17, 15) is 9.59 Å². The Bertz CT molecular complexity index is 862. The van der Waals surface area contributed by atoms with Crippen molar-refractivity contribution >= 4 is 12.0 Å². The molecular weight excluding hydrogens is 390 g/mol. The second kappa shape index (κ2) is 10.0. The van der Waals surface area contributed by atoms with Gasteiger partial charge in [-0.15, -0.1) is 0 Å². The predicted octanol–water partition coefficient (Wildman–Crippen LogP) is 4.81. The molecule has 0 radical (unpaired) electrons. The first-order valence-electron chi connectivity index (χ1n) is 11.2. The summed E-state index contributed by atoms with van der Waals surface area (Å²) in [6, 6.07) is 14.4. The molecule has 0 spiro atoms. The second-order valence-electron chi connectivity index (χ2n) is 9.40. The van der Waals surface area contributed by atoms with Crippen molar-refractivity contribution in [2.24, 2.45) is 0 Å². The van der Waals surface area contributed by atoms with Gasteiger partial charge in [-0.2, -0.15) is 0 Å². The van der Waals surface area contributed by atoms with Gasteiger partial charge in [0.15, 0.2) is 0 Å². The predicted molar refractivity (Wildman–Crippen MR) is 122 cm³/mol. The van der Waals surface area contributed by atoms with Gasteiger partial charge in [-0.25, -0.2) is 4.79 Å². The molecule has 2 amide bonds. The topological polar surface area (TPSA) is 63.6 Å². The minimum Gasteiger partial charge on any atom is -0.444 e. The number of ether oxygens (including phenoxy) is 1. The Morgan fingerprint density at radius 1 is 1.10 bits per heavy atom. The number of aryl methyl sites for hydroxylation is 1. The molecule has 1 N–H and O–H groups in total. The number of carbonyl (C=O) groups excluding carboxylic acids is 2. The van der Waals surface area contributed by atoms with Crippen molar-refractivity contribution in [3.8, 4) is 0 Å². The lowest BCUT2D eigenvalue weighted by Gasteiger charge is -2.34. The van der Waals surface area contributed by atoms with Crippen molar-refractivity contribution in [1.82, 2.24) is 14.8 Å². The Balaban J connectivity index is 1.52. The lowest BCUT2D eigenvalue weighted by Crippen LogP contribution is -2.42. The molecule has 3 rings (SSSR count). The number of piperidine rings is 1. The first kappa shape index (κ1) is 22.9. The van der Waals surface area contributed by atoms with Crippen molar-refractivity contribution in [3.63, 3.8) is 0 Å². The van der Waals surface area contributed by atoms with Gasteiger partial charge in [0.25, 0.3) is 5.91 Å². The molecule has 1 aliphatic heterocycles. The molecule has 1 fully saturated rings. The third-order valence-electron chi connectivity index (χ3n) is 5.61. The first-order valence-corrected chi connectivity index (χ1v) is 11.2. The summed E-state index contributed by atoms with van der Waals surface area (Å²) in [6.07, 6.45) is 5.15. The zero-order valence-corrected chi connectivity index (χ0v) is 19.1. The molecule has 31 heavy (non-hydrogen) atoms. The summed E-state index contributed by atoms with van der Waals surface area (Å²) in [5.74, 6) is -0.0415. The minimum absolute atomic E-state index is 0.0415. The number of hydrogen-bond acceptors (Lipinski definition) is 3. The van der Waals surface area contributed by atoms with Crippen LogP contribution in [0.1, 0.15) is 69.1 Å². The van der Waals surface area contributed by atoms with Gasteiger partial charge in [0.05, 0.1) is 0 Å². The molecule has 0 bridgehead atoms. The second-order valence-corrected chi connectivity index (χ2v) is 9.40. The van der Waals surface area contributed by atoms with Crippen molar-refractivity contribution in [2.45, 2.75) is 71.1 Å². The summed E-state index contributed by atoms with van der Waals surface area (Å²) < 4.78 is 7.54. The first-order chi connectivity index (χ1) is 14.7. The highest BCUT2D eigenvalue weighted by Gasteiger charge is 2.28. The maximum Gasteiger partial charge on any atom is 0.410 e. The number of amides is 2. The highest BCUT2D eigenvalue weighted by atomic mass is 16.6. The standard InChI is InChI=1S/C25H35N3O3/c1-19(12-13-20-9-6-5-7-10-20)26-23(29)22-11-8-16-28(22)21-14-17-27(18-15-21)24(30)31-25(2,3)4/h5-11,16,19,21H,12-15,17-18H2,1-4H3,(H,26,29). The van der Waals surface area contributed by atoms with Crippen LogP contribution in [0.2, 0.25) is 0 Å². The summed E-state index contributed by atoms with van der Waals surface area (Å²) in [4.78, 5) is 27.0. The molecule has 168 valence electrons. The van der Waals surface area contributed by atoms with Crippen LogP contribution in [0.4, 0.5) is 4.79 Å². The smallest absolute Gasteiger partial charge is 0.410 e. The van der Waals surface area contributed by atoms with Gasteiger partial charge < -0.3 is 19.5 Å². The summed E-state index contributed by atoms with van der Waals surface area (Å²) in [6.45, 7) is 8.95. The molecule has 0 saturated carbocycles. The van der Waals surface area contributed by atoms with E-state index in [0.717, 1.165) is 25.7 Å². The molecule has 6 heteroatoms. The Morgan fingerprint density at radius 2 is 1.77 bits per heavy atom. The SMILES string of the molecule is CC(CCc1ccccc1)NC(=O)c1cccn1C1CCN(C(=O)OC(C)(C)C)CC1. The molecule has 1 unspecified atom stereocenters. The summed E-state index contributed by atoms with van der Waals surface area (Å²) in [5.41, 5.74) is 1.47. The molecule has 1 aromatic carbocycles. The van der Waals surface area contributed by atoms with E-state index in [1.807, 2.05) is 64.2 Å². The fourth-order valence-electron chi connectivity index (χ4n) is 3.96. The number of rotatable bonds is 6. The molecule has 2 heterocycles. The third kappa shape index (κ3) is 6.61. The van der Waals surface area contributed by atoms with Crippen molar-refractivity contribution in [3.05, 3.63) is 59.9 Å². The molecule has 0 aliphatic carbocycles. The van der Waals surface area contributed by atoms with Crippen LogP contribution in [0.15, 0.2) is 48.7 Å². The fraction of sp³-hybridized carbons (Fsp3) is 0.520. The van der Waals surface area contributed by atoms with Crippen molar-refractivity contribution in [1.29, 1.82) is 0 Å². The average molecular weight is 426 g/mol. The molecule has 1 aromatic heterocycles. The van der Waals surface area contributed by atoms with Gasteiger partial charge in [-0.1, -0.05) is 30.3 Å². The molecule has 1 saturated heterocycles. The van der Waals surface area contributed by atoms with Gasteiger partial charge in [-0.05, 0) is 71.1 Å². The molecular formula is C25H35N3O3. The number of aromatic nitrogens is 1. The Morgan fingerprint density at radius 3 is 2.42 bits per heavy atom. The molecule has 2 aromatic rings. The highest BCUT2D eigenvalue weighted by molar-refractivity contribution is 5.93. The average Bonchev–Trinajstić information content (AvgIpc) is 3.22. The van der Waals surface area contributed by atoms with E-state index in [1.54, 1.807) is 4.90 Å². The van der Waals surface area contributed by atoms with Gasteiger partial charge in [-0.3, -0.25) is 4.79 Å². The van der Waals surface area contributed by atoms with E-state index in [0.29, 0.717) is 18.8 Å². The van der Waals surface area contributed by atoms with Crippen LogP contribution in [-0.4, -0.2) is 46.2 Å².